The average Bonchev–Trinajstić information content (AvgIpc) is 2.72. The highest BCUT2D eigenvalue weighted by molar-refractivity contribution is 9.10. The zero-order valence-corrected chi connectivity index (χ0v) is 14.7. The first-order chi connectivity index (χ1) is 10.3. The van der Waals surface area contributed by atoms with Crippen molar-refractivity contribution in [3.05, 3.63) is 15.9 Å². The third-order valence-electron chi connectivity index (χ3n) is 4.71. The second-order valence-corrected chi connectivity index (χ2v) is 6.98. The van der Waals surface area contributed by atoms with Gasteiger partial charge < -0.3 is 5.32 Å². The van der Waals surface area contributed by atoms with Crippen LogP contribution in [-0.2, 0) is 11.3 Å². The van der Waals surface area contributed by atoms with E-state index in [4.69, 9.17) is 0 Å². The summed E-state index contributed by atoms with van der Waals surface area (Å²) in [4.78, 5) is 12.2. The normalized spacial score (nSPS) is 25.5. The molecule has 2 rings (SSSR count). The number of carbonyl (C=O) groups excluding carboxylic acids is 1. The second kappa shape index (κ2) is 7.06. The van der Waals surface area contributed by atoms with Crippen LogP contribution in [-0.4, -0.2) is 21.7 Å². The van der Waals surface area contributed by atoms with Crippen molar-refractivity contribution in [1.82, 2.24) is 15.1 Å². The maximum atomic E-state index is 12.8. The fourth-order valence-electron chi connectivity index (χ4n) is 3.02. The average molecular weight is 378 g/mol. The molecular weight excluding hydrogens is 356 g/mol. The Labute approximate surface area is 137 Å². The van der Waals surface area contributed by atoms with Gasteiger partial charge in [0.05, 0.1) is 10.2 Å². The predicted molar refractivity (Wildman–Crippen MR) is 83.7 cm³/mol. The van der Waals surface area contributed by atoms with E-state index in [2.05, 4.69) is 40.2 Å². The van der Waals surface area contributed by atoms with Gasteiger partial charge in [-0.2, -0.15) is 5.10 Å². The minimum atomic E-state index is -2.66. The lowest BCUT2D eigenvalue weighted by atomic mass is 9.78. The highest BCUT2D eigenvalue weighted by atomic mass is 79.9. The Morgan fingerprint density at radius 2 is 2.14 bits per heavy atom. The van der Waals surface area contributed by atoms with Crippen LogP contribution in [0.5, 0.6) is 0 Å². The zero-order valence-electron chi connectivity index (χ0n) is 13.1. The van der Waals surface area contributed by atoms with Gasteiger partial charge in [0.25, 0.3) is 6.43 Å². The first-order valence-corrected chi connectivity index (χ1v) is 8.40. The van der Waals surface area contributed by atoms with Gasteiger partial charge >= 0.3 is 0 Å². The molecule has 0 spiro atoms. The molecule has 1 saturated carbocycles. The Morgan fingerprint density at radius 1 is 1.45 bits per heavy atom. The third-order valence-corrected chi connectivity index (χ3v) is 5.69. The van der Waals surface area contributed by atoms with Crippen LogP contribution in [0.1, 0.15) is 50.9 Å². The molecule has 1 aliphatic carbocycles. The van der Waals surface area contributed by atoms with Crippen LogP contribution in [0.15, 0.2) is 4.47 Å². The molecule has 124 valence electrons. The molecule has 1 N–H and O–H groups in total. The van der Waals surface area contributed by atoms with Crippen molar-refractivity contribution in [3.8, 4) is 0 Å². The molecule has 4 nitrogen and oxygen atoms in total. The van der Waals surface area contributed by atoms with Crippen molar-refractivity contribution in [2.24, 2.45) is 11.8 Å². The van der Waals surface area contributed by atoms with Crippen LogP contribution in [0, 0.1) is 18.8 Å². The number of alkyl halides is 2. The number of rotatable bonds is 4. The first kappa shape index (κ1) is 17.4. The lowest BCUT2D eigenvalue weighted by molar-refractivity contribution is -0.123. The molecule has 7 heteroatoms. The van der Waals surface area contributed by atoms with E-state index in [1.54, 1.807) is 6.92 Å². The molecule has 22 heavy (non-hydrogen) atoms. The lowest BCUT2D eigenvalue weighted by Gasteiger charge is -2.34. The molecule has 1 heterocycles. The van der Waals surface area contributed by atoms with Crippen LogP contribution in [0.25, 0.3) is 0 Å². The summed E-state index contributed by atoms with van der Waals surface area (Å²) in [6.07, 6.45) is 0.618. The maximum Gasteiger partial charge on any atom is 0.283 e. The summed E-state index contributed by atoms with van der Waals surface area (Å²) < 4.78 is 27.2. The first-order valence-electron chi connectivity index (χ1n) is 7.61. The van der Waals surface area contributed by atoms with Crippen LogP contribution >= 0.6 is 15.9 Å². The fourth-order valence-corrected chi connectivity index (χ4v) is 3.47. The van der Waals surface area contributed by atoms with Gasteiger partial charge in [-0.25, -0.2) is 8.78 Å². The van der Waals surface area contributed by atoms with Gasteiger partial charge in [0.1, 0.15) is 12.2 Å². The fraction of sp³-hybridized carbons (Fsp3) is 0.733. The zero-order chi connectivity index (χ0) is 16.4. The van der Waals surface area contributed by atoms with Gasteiger partial charge in [-0.3, -0.25) is 9.48 Å². The van der Waals surface area contributed by atoms with Crippen molar-refractivity contribution in [2.75, 3.05) is 0 Å². The van der Waals surface area contributed by atoms with Crippen molar-refractivity contribution < 1.29 is 13.6 Å². The number of amides is 1. The molecular formula is C15H22BrF2N3O. The van der Waals surface area contributed by atoms with Crippen LogP contribution in [0.4, 0.5) is 8.78 Å². The second-order valence-electron chi connectivity index (χ2n) is 6.18. The van der Waals surface area contributed by atoms with E-state index in [0.717, 1.165) is 12.8 Å². The molecule has 1 aromatic rings. The summed E-state index contributed by atoms with van der Waals surface area (Å²) in [6.45, 7) is 5.99. The summed E-state index contributed by atoms with van der Waals surface area (Å²) in [5.41, 5.74) is 0.223. The topological polar surface area (TPSA) is 46.9 Å². The number of carbonyl (C=O) groups is 1. The Bertz CT molecular complexity index is 547. The number of nitrogens with zero attached hydrogens (tertiary/aromatic N) is 2. The lowest BCUT2D eigenvalue weighted by Crippen LogP contribution is -2.45. The van der Waals surface area contributed by atoms with E-state index in [-0.39, 0.29) is 28.7 Å². The smallest absolute Gasteiger partial charge is 0.283 e. The van der Waals surface area contributed by atoms with Gasteiger partial charge in [-0.15, -0.1) is 0 Å². The molecule has 1 aliphatic rings. The molecule has 0 unspecified atom stereocenters. The summed E-state index contributed by atoms with van der Waals surface area (Å²) >= 11 is 3.11. The standard InChI is InChI=1S/C15H22BrF2N3O/c1-8-5-4-6-11(9(8)2)19-12(22)7-21-10(3)13(16)14(20-21)15(17)18/h8-9,11,15H,4-7H2,1-3H3,(H,19,22)/t8-,9+,11+/m0/s1. The van der Waals surface area contributed by atoms with Gasteiger partial charge in [0, 0.05) is 6.04 Å². The van der Waals surface area contributed by atoms with Crippen molar-refractivity contribution in [3.63, 3.8) is 0 Å². The maximum absolute atomic E-state index is 12.8. The number of hydrogen-bond donors (Lipinski definition) is 1. The van der Waals surface area contributed by atoms with Crippen LogP contribution < -0.4 is 5.32 Å². The largest absolute Gasteiger partial charge is 0.351 e. The highest BCUT2D eigenvalue weighted by Crippen LogP contribution is 2.30. The quantitative estimate of drug-likeness (QED) is 0.866. The van der Waals surface area contributed by atoms with E-state index in [0.29, 0.717) is 17.5 Å². The van der Waals surface area contributed by atoms with E-state index >= 15 is 0 Å². The van der Waals surface area contributed by atoms with Crippen molar-refractivity contribution >= 4 is 21.8 Å². The third kappa shape index (κ3) is 3.67. The molecule has 1 fully saturated rings. The van der Waals surface area contributed by atoms with E-state index in [1.807, 2.05) is 0 Å². The Morgan fingerprint density at radius 3 is 2.73 bits per heavy atom. The summed E-state index contributed by atoms with van der Waals surface area (Å²) in [7, 11) is 0. The minimum absolute atomic E-state index is 0.0330. The molecule has 1 amide bonds. The van der Waals surface area contributed by atoms with Gasteiger partial charge in [0.2, 0.25) is 5.91 Å². The summed E-state index contributed by atoms with van der Waals surface area (Å²) in [5, 5.41) is 6.86. The predicted octanol–water partition coefficient (Wildman–Crippen LogP) is 3.83. The van der Waals surface area contributed by atoms with Gasteiger partial charge in [0.15, 0.2) is 0 Å². The highest BCUT2D eigenvalue weighted by Gasteiger charge is 2.28. The number of hydrogen-bond acceptors (Lipinski definition) is 2. The Balaban J connectivity index is 2.02. The van der Waals surface area contributed by atoms with Crippen molar-refractivity contribution in [2.45, 2.75) is 59.0 Å². The van der Waals surface area contributed by atoms with Crippen molar-refractivity contribution in [1.29, 1.82) is 0 Å². The molecule has 0 aliphatic heterocycles. The summed E-state index contributed by atoms with van der Waals surface area (Å²) in [5.74, 6) is 0.842. The number of halogens is 3. The Kier molecular flexibility index (Phi) is 5.58. The van der Waals surface area contributed by atoms with Gasteiger partial charge in [-0.05, 0) is 41.1 Å². The Hall–Kier alpha value is -0.980. The van der Waals surface area contributed by atoms with E-state index < -0.39 is 6.43 Å². The molecule has 3 atom stereocenters. The SMILES string of the molecule is Cc1c(Br)c(C(F)F)nn1CC(=O)N[C@@H]1CCC[C@H](C)[C@H]1C. The minimum Gasteiger partial charge on any atom is -0.351 e. The van der Waals surface area contributed by atoms with Crippen LogP contribution in [0.3, 0.4) is 0 Å². The summed E-state index contributed by atoms with van der Waals surface area (Å²) in [6, 6.07) is 0.158. The van der Waals surface area contributed by atoms with E-state index in [1.165, 1.54) is 11.1 Å². The monoisotopic (exact) mass is 377 g/mol. The molecule has 0 radical (unpaired) electrons. The number of nitrogens with one attached hydrogen (secondary N) is 1. The number of aromatic nitrogens is 2. The molecule has 0 aromatic carbocycles. The van der Waals surface area contributed by atoms with Gasteiger partial charge in [-0.1, -0.05) is 26.7 Å². The molecule has 0 bridgehead atoms. The van der Waals surface area contributed by atoms with Crippen LogP contribution in [0.2, 0.25) is 0 Å². The molecule has 0 saturated heterocycles. The molecule has 1 aromatic heterocycles. The van der Waals surface area contributed by atoms with E-state index in [9.17, 15) is 13.6 Å².